The lowest BCUT2D eigenvalue weighted by atomic mass is 9.78. The van der Waals surface area contributed by atoms with E-state index in [0.717, 1.165) is 32.1 Å². The molecule has 4 heterocycles. The molecule has 2 amide bonds. The van der Waals surface area contributed by atoms with E-state index in [1.807, 2.05) is 30.1 Å². The summed E-state index contributed by atoms with van der Waals surface area (Å²) < 4.78 is 4.78. The molecule has 33 heavy (non-hydrogen) atoms. The number of hydrogen-bond acceptors (Lipinski definition) is 6. The smallest absolute Gasteiger partial charge is 0.311 e. The second-order valence-electron chi connectivity index (χ2n) is 9.46. The summed E-state index contributed by atoms with van der Waals surface area (Å²) in [6.07, 6.45) is 13.2. The summed E-state index contributed by atoms with van der Waals surface area (Å²) in [5.74, 6) is -1.95. The molecule has 2 saturated heterocycles. The van der Waals surface area contributed by atoms with Gasteiger partial charge in [-0.2, -0.15) is 0 Å². The van der Waals surface area contributed by atoms with E-state index in [9.17, 15) is 19.5 Å². The summed E-state index contributed by atoms with van der Waals surface area (Å²) >= 11 is 1.56. The minimum Gasteiger partial charge on any atom is -0.465 e. The van der Waals surface area contributed by atoms with E-state index in [1.54, 1.807) is 16.7 Å². The predicted octanol–water partition coefficient (Wildman–Crippen LogP) is 2.54. The fraction of sp³-hybridized carbons (Fsp3) is 0.720. The van der Waals surface area contributed by atoms with Gasteiger partial charge in [0.2, 0.25) is 11.8 Å². The number of rotatable bonds is 6. The number of hydrogen-bond donors (Lipinski definition) is 1. The molecule has 0 aromatic heterocycles. The predicted molar refractivity (Wildman–Crippen MR) is 127 cm³/mol. The third kappa shape index (κ3) is 4.14. The van der Waals surface area contributed by atoms with Crippen LogP contribution in [0.25, 0.3) is 0 Å². The average Bonchev–Trinajstić information content (AvgIpc) is 3.20. The minimum atomic E-state index is -0.843. The van der Waals surface area contributed by atoms with Gasteiger partial charge >= 0.3 is 5.97 Å². The molecule has 4 rings (SSSR count). The number of carbonyl (C=O) groups excluding carboxylic acids is 3. The Hall–Kier alpha value is -1.80. The summed E-state index contributed by atoms with van der Waals surface area (Å²) in [5.41, 5.74) is 0. The standard InChI is InChI=1S/C25H36N2O5S/c1-3-5-13-26-14-10-12-25-20(22(29)27(17(4-2)16-28)21(25)23(26)30)19-18(33-25)11-8-6-7-9-15-32-24(19)31/h8,10-12,17-21,28H,3-7,9,13-16H2,1-2H3/b11-8-/t17-,18+,19-,20-,21?,25-/m0/s1. The van der Waals surface area contributed by atoms with E-state index in [1.165, 1.54) is 0 Å². The van der Waals surface area contributed by atoms with Gasteiger partial charge in [0.05, 0.1) is 35.8 Å². The topological polar surface area (TPSA) is 87.2 Å². The van der Waals surface area contributed by atoms with Gasteiger partial charge < -0.3 is 19.6 Å². The van der Waals surface area contributed by atoms with Gasteiger partial charge in [-0.1, -0.05) is 44.6 Å². The van der Waals surface area contributed by atoms with Crippen LogP contribution >= 0.6 is 11.8 Å². The first kappa shape index (κ1) is 24.3. The SMILES string of the molecule is CCCCN1CC=C[C@]23S[C@@H]4/C=C\CCCCOC(=O)[C@@H]4[C@H]2C(=O)N([C@@H](CC)CO)C3C1=O. The van der Waals surface area contributed by atoms with E-state index >= 15 is 0 Å². The van der Waals surface area contributed by atoms with Crippen molar-refractivity contribution in [2.75, 3.05) is 26.3 Å². The summed E-state index contributed by atoms with van der Waals surface area (Å²) in [6, 6.07) is -1.19. The number of nitrogens with zero attached hydrogens (tertiary/aromatic N) is 2. The van der Waals surface area contributed by atoms with Crippen LogP contribution in [0.15, 0.2) is 24.3 Å². The average molecular weight is 477 g/mol. The monoisotopic (exact) mass is 476 g/mol. The minimum absolute atomic E-state index is 0.0789. The van der Waals surface area contributed by atoms with Crippen molar-refractivity contribution in [3.8, 4) is 0 Å². The number of thioether (sulfide) groups is 1. The third-order valence-corrected chi connectivity index (χ3v) is 9.22. The van der Waals surface area contributed by atoms with Crippen molar-refractivity contribution in [2.24, 2.45) is 11.8 Å². The van der Waals surface area contributed by atoms with E-state index in [-0.39, 0.29) is 29.6 Å². The Bertz CT molecular complexity index is 826. The second-order valence-corrected chi connectivity index (χ2v) is 11.0. The van der Waals surface area contributed by atoms with Crippen LogP contribution in [0.1, 0.15) is 52.4 Å². The molecule has 1 N–H and O–H groups in total. The number of esters is 1. The van der Waals surface area contributed by atoms with Crippen LogP contribution in [0, 0.1) is 11.8 Å². The number of cyclic esters (lactones) is 1. The van der Waals surface area contributed by atoms with Gasteiger partial charge in [-0.15, -0.1) is 11.8 Å². The normalized spacial score (nSPS) is 36.0. The van der Waals surface area contributed by atoms with Crippen LogP contribution in [0.4, 0.5) is 0 Å². The first-order valence-corrected chi connectivity index (χ1v) is 13.3. The van der Waals surface area contributed by atoms with E-state index in [0.29, 0.717) is 26.1 Å². The van der Waals surface area contributed by atoms with Gasteiger partial charge in [0.15, 0.2) is 0 Å². The molecular weight excluding hydrogens is 440 g/mol. The van der Waals surface area contributed by atoms with Crippen LogP contribution in [-0.4, -0.2) is 81.1 Å². The Balaban J connectivity index is 1.81. The van der Waals surface area contributed by atoms with Crippen molar-refractivity contribution in [2.45, 2.75) is 74.5 Å². The van der Waals surface area contributed by atoms with Gasteiger partial charge in [-0.25, -0.2) is 0 Å². The molecule has 1 spiro atoms. The van der Waals surface area contributed by atoms with E-state index in [2.05, 4.69) is 13.0 Å². The van der Waals surface area contributed by atoms with Crippen LogP contribution in [0.5, 0.6) is 0 Å². The van der Waals surface area contributed by atoms with Crippen molar-refractivity contribution in [3.05, 3.63) is 24.3 Å². The number of aliphatic hydroxyl groups is 1. The number of likely N-dealkylation sites (tertiary alicyclic amines) is 1. The summed E-state index contributed by atoms with van der Waals surface area (Å²) in [7, 11) is 0. The molecule has 0 saturated carbocycles. The van der Waals surface area contributed by atoms with Crippen molar-refractivity contribution < 1.29 is 24.2 Å². The van der Waals surface area contributed by atoms with Crippen LogP contribution in [0.2, 0.25) is 0 Å². The Labute approximate surface area is 200 Å². The molecule has 7 nitrogen and oxygen atoms in total. The number of unbranched alkanes of at least 4 members (excludes halogenated alkanes) is 1. The number of allylic oxidation sites excluding steroid dienone is 1. The Morgan fingerprint density at radius 3 is 2.76 bits per heavy atom. The van der Waals surface area contributed by atoms with Crippen molar-refractivity contribution in [1.29, 1.82) is 0 Å². The Morgan fingerprint density at radius 1 is 1.21 bits per heavy atom. The zero-order valence-corrected chi connectivity index (χ0v) is 20.5. The highest BCUT2D eigenvalue weighted by Gasteiger charge is 2.71. The molecule has 0 bridgehead atoms. The zero-order chi connectivity index (χ0) is 23.6. The van der Waals surface area contributed by atoms with E-state index in [4.69, 9.17) is 4.74 Å². The molecular formula is C25H36N2O5S. The van der Waals surface area contributed by atoms with Gasteiger partial charge in [0.25, 0.3) is 0 Å². The fourth-order valence-electron chi connectivity index (χ4n) is 5.76. The molecule has 0 aromatic carbocycles. The summed E-state index contributed by atoms with van der Waals surface area (Å²) in [6.45, 7) is 5.28. The van der Waals surface area contributed by atoms with Crippen molar-refractivity contribution >= 4 is 29.5 Å². The van der Waals surface area contributed by atoms with Crippen LogP contribution < -0.4 is 0 Å². The number of aliphatic hydroxyl groups excluding tert-OH is 1. The first-order chi connectivity index (χ1) is 16.0. The molecule has 4 aliphatic rings. The maximum Gasteiger partial charge on any atom is 0.311 e. The lowest BCUT2D eigenvalue weighted by Gasteiger charge is -2.38. The third-order valence-electron chi connectivity index (χ3n) is 7.48. The Kier molecular flexibility index (Phi) is 7.53. The maximum absolute atomic E-state index is 14.0. The quantitative estimate of drug-likeness (QED) is 0.468. The zero-order valence-electron chi connectivity index (χ0n) is 19.7. The first-order valence-electron chi connectivity index (χ1n) is 12.4. The molecule has 4 aliphatic heterocycles. The van der Waals surface area contributed by atoms with Gasteiger partial charge in [-0.05, 0) is 32.1 Å². The highest BCUT2D eigenvalue weighted by atomic mass is 32.2. The van der Waals surface area contributed by atoms with Gasteiger partial charge in [0.1, 0.15) is 6.04 Å². The summed E-state index contributed by atoms with van der Waals surface area (Å²) in [4.78, 5) is 44.7. The lowest BCUT2D eigenvalue weighted by Crippen LogP contribution is -2.56. The van der Waals surface area contributed by atoms with Crippen LogP contribution in [-0.2, 0) is 19.1 Å². The Morgan fingerprint density at radius 2 is 2.03 bits per heavy atom. The van der Waals surface area contributed by atoms with Crippen LogP contribution in [0.3, 0.4) is 0 Å². The van der Waals surface area contributed by atoms with Crippen molar-refractivity contribution in [3.63, 3.8) is 0 Å². The number of amides is 2. The second kappa shape index (κ2) is 10.2. The molecule has 8 heteroatoms. The summed E-state index contributed by atoms with van der Waals surface area (Å²) in [5, 5.41) is 9.89. The lowest BCUT2D eigenvalue weighted by molar-refractivity contribution is -0.153. The van der Waals surface area contributed by atoms with Crippen molar-refractivity contribution in [1.82, 2.24) is 9.80 Å². The molecule has 0 aromatic rings. The fourth-order valence-corrected chi connectivity index (χ4v) is 7.75. The molecule has 0 aliphatic carbocycles. The highest BCUT2D eigenvalue weighted by molar-refractivity contribution is 8.02. The largest absolute Gasteiger partial charge is 0.465 e. The number of ether oxygens (including phenoxy) is 1. The molecule has 1 unspecified atom stereocenters. The van der Waals surface area contributed by atoms with Gasteiger partial charge in [0, 0.05) is 18.3 Å². The maximum atomic E-state index is 14.0. The van der Waals surface area contributed by atoms with Gasteiger partial charge in [-0.3, -0.25) is 14.4 Å². The highest BCUT2D eigenvalue weighted by Crippen LogP contribution is 2.61. The molecule has 182 valence electrons. The molecule has 6 atom stereocenters. The number of fused-ring (bicyclic) bond motifs is 2. The molecule has 2 fully saturated rings. The molecule has 0 radical (unpaired) electrons. The number of carbonyl (C=O) groups is 3. The van der Waals surface area contributed by atoms with E-state index < -0.39 is 28.7 Å².